The molecule has 0 bridgehead atoms. The van der Waals surface area contributed by atoms with Gasteiger partial charge in [0, 0.05) is 38.1 Å². The Kier molecular flexibility index (Phi) is 11.3. The van der Waals surface area contributed by atoms with Gasteiger partial charge in [0.2, 0.25) is 0 Å². The summed E-state index contributed by atoms with van der Waals surface area (Å²) in [5.74, 6) is 0.115. The molecule has 1 rings (SSSR count). The van der Waals surface area contributed by atoms with Gasteiger partial charge in [-0.3, -0.25) is 4.79 Å². The number of hydrogen-bond donors (Lipinski definition) is 2. The molecule has 0 aliphatic rings. The minimum Gasteiger partial charge on any atom is -0.383 e. The number of amides is 1. The molecule has 0 radical (unpaired) electrons. The predicted octanol–water partition coefficient (Wildman–Crippen LogP) is 2.08. The number of benzene rings is 1. The standard InChI is InChI=1S/C14H21FN2O2S.ClH/c1-19-8-7-16-5-6-17-14(18)11-3-4-13(15)12(9-11)10-20-2;/h3-4,9,16H,5-8,10H2,1-2H3,(H,17,18);1H. The fourth-order valence-corrected chi connectivity index (χ4v) is 2.18. The number of hydrogen-bond acceptors (Lipinski definition) is 4. The van der Waals surface area contributed by atoms with Gasteiger partial charge in [-0.15, -0.1) is 12.4 Å². The number of thioether (sulfide) groups is 1. The average molecular weight is 337 g/mol. The van der Waals surface area contributed by atoms with Crippen molar-refractivity contribution in [2.75, 3.05) is 39.6 Å². The Morgan fingerprint density at radius 2 is 2.10 bits per heavy atom. The van der Waals surface area contributed by atoms with Crippen molar-refractivity contribution in [1.82, 2.24) is 10.6 Å². The zero-order chi connectivity index (χ0) is 14.8. The predicted molar refractivity (Wildman–Crippen MR) is 87.9 cm³/mol. The van der Waals surface area contributed by atoms with Gasteiger partial charge in [-0.05, 0) is 30.0 Å². The Morgan fingerprint density at radius 1 is 1.33 bits per heavy atom. The van der Waals surface area contributed by atoms with Crippen molar-refractivity contribution in [2.24, 2.45) is 0 Å². The van der Waals surface area contributed by atoms with Gasteiger partial charge in [0.25, 0.3) is 5.91 Å². The van der Waals surface area contributed by atoms with Gasteiger partial charge in [-0.25, -0.2) is 4.39 Å². The van der Waals surface area contributed by atoms with Gasteiger partial charge in [-0.2, -0.15) is 11.8 Å². The third-order valence-electron chi connectivity index (χ3n) is 2.68. The Balaban J connectivity index is 0.00000400. The SMILES string of the molecule is COCCNCCNC(=O)c1ccc(F)c(CSC)c1.Cl. The van der Waals surface area contributed by atoms with Crippen LogP contribution >= 0.6 is 24.2 Å². The number of ether oxygens (including phenoxy) is 1. The lowest BCUT2D eigenvalue weighted by Gasteiger charge is -2.08. The van der Waals surface area contributed by atoms with E-state index in [1.807, 2.05) is 6.26 Å². The van der Waals surface area contributed by atoms with E-state index in [-0.39, 0.29) is 24.1 Å². The summed E-state index contributed by atoms with van der Waals surface area (Å²) < 4.78 is 18.4. The Bertz CT molecular complexity index is 435. The molecule has 1 aromatic rings. The van der Waals surface area contributed by atoms with Crippen molar-refractivity contribution >= 4 is 30.1 Å². The van der Waals surface area contributed by atoms with Gasteiger partial charge in [0.15, 0.2) is 0 Å². The van der Waals surface area contributed by atoms with E-state index in [9.17, 15) is 9.18 Å². The monoisotopic (exact) mass is 336 g/mol. The second-order valence-electron chi connectivity index (χ2n) is 4.24. The molecule has 0 unspecified atom stereocenters. The van der Waals surface area contributed by atoms with E-state index in [2.05, 4.69) is 10.6 Å². The summed E-state index contributed by atoms with van der Waals surface area (Å²) >= 11 is 1.52. The number of methoxy groups -OCH3 is 1. The molecular weight excluding hydrogens is 315 g/mol. The first-order chi connectivity index (χ1) is 9.69. The molecular formula is C14H22ClFN2O2S. The van der Waals surface area contributed by atoms with Crippen molar-refractivity contribution < 1.29 is 13.9 Å². The van der Waals surface area contributed by atoms with E-state index in [0.717, 1.165) is 6.54 Å². The number of nitrogens with one attached hydrogen (secondary N) is 2. The summed E-state index contributed by atoms with van der Waals surface area (Å²) in [7, 11) is 1.64. The maximum Gasteiger partial charge on any atom is 0.251 e. The van der Waals surface area contributed by atoms with E-state index >= 15 is 0 Å². The lowest BCUT2D eigenvalue weighted by atomic mass is 10.1. The zero-order valence-corrected chi connectivity index (χ0v) is 13.9. The molecule has 0 aliphatic heterocycles. The van der Waals surface area contributed by atoms with Gasteiger partial charge in [0.1, 0.15) is 5.82 Å². The largest absolute Gasteiger partial charge is 0.383 e. The van der Waals surface area contributed by atoms with E-state index in [1.54, 1.807) is 13.2 Å². The second-order valence-corrected chi connectivity index (χ2v) is 5.10. The highest BCUT2D eigenvalue weighted by Gasteiger charge is 2.08. The average Bonchev–Trinajstić information content (AvgIpc) is 2.45. The molecule has 2 N–H and O–H groups in total. The Hall–Kier alpha value is -0.820. The summed E-state index contributed by atoms with van der Waals surface area (Å²) in [4.78, 5) is 11.9. The number of halogens is 2. The molecule has 0 heterocycles. The minimum atomic E-state index is -0.267. The number of carbonyl (C=O) groups excluding carboxylic acids is 1. The molecule has 0 saturated heterocycles. The van der Waals surface area contributed by atoms with Crippen molar-refractivity contribution in [3.63, 3.8) is 0 Å². The van der Waals surface area contributed by atoms with Crippen LogP contribution in [-0.2, 0) is 10.5 Å². The van der Waals surface area contributed by atoms with Crippen LogP contribution in [0.15, 0.2) is 18.2 Å². The van der Waals surface area contributed by atoms with Gasteiger partial charge in [-0.1, -0.05) is 0 Å². The normalized spacial score (nSPS) is 10.0. The summed E-state index contributed by atoms with van der Waals surface area (Å²) in [6, 6.07) is 4.46. The van der Waals surface area contributed by atoms with Gasteiger partial charge >= 0.3 is 0 Å². The van der Waals surface area contributed by atoms with E-state index in [0.29, 0.717) is 36.6 Å². The fraction of sp³-hybridized carbons (Fsp3) is 0.500. The maximum atomic E-state index is 13.5. The summed E-state index contributed by atoms with van der Waals surface area (Å²) in [5.41, 5.74) is 1.05. The first-order valence-electron chi connectivity index (χ1n) is 6.44. The van der Waals surface area contributed by atoms with Gasteiger partial charge < -0.3 is 15.4 Å². The number of carbonyl (C=O) groups is 1. The van der Waals surface area contributed by atoms with Crippen molar-refractivity contribution in [1.29, 1.82) is 0 Å². The molecule has 0 saturated carbocycles. The van der Waals surface area contributed by atoms with Crippen LogP contribution in [0.25, 0.3) is 0 Å². The summed E-state index contributed by atoms with van der Waals surface area (Å²) in [6.07, 6.45) is 1.90. The highest BCUT2D eigenvalue weighted by atomic mass is 35.5. The van der Waals surface area contributed by atoms with Crippen molar-refractivity contribution in [2.45, 2.75) is 5.75 Å². The van der Waals surface area contributed by atoms with E-state index in [1.165, 1.54) is 23.9 Å². The smallest absolute Gasteiger partial charge is 0.251 e. The molecule has 21 heavy (non-hydrogen) atoms. The maximum absolute atomic E-state index is 13.5. The topological polar surface area (TPSA) is 50.4 Å². The van der Waals surface area contributed by atoms with Crippen LogP contribution in [0.3, 0.4) is 0 Å². The molecule has 1 amide bonds. The van der Waals surface area contributed by atoms with Gasteiger partial charge in [0.05, 0.1) is 6.61 Å². The van der Waals surface area contributed by atoms with Crippen LogP contribution in [0.4, 0.5) is 4.39 Å². The molecule has 1 aromatic carbocycles. The van der Waals surface area contributed by atoms with Crippen molar-refractivity contribution in [3.05, 3.63) is 35.1 Å². The highest BCUT2D eigenvalue weighted by molar-refractivity contribution is 7.97. The van der Waals surface area contributed by atoms with Crippen LogP contribution in [-0.4, -0.2) is 45.5 Å². The molecule has 0 aliphatic carbocycles. The molecule has 0 atom stereocenters. The summed E-state index contributed by atoms with van der Waals surface area (Å²) in [6.45, 7) is 2.59. The Labute approximate surface area is 135 Å². The molecule has 7 heteroatoms. The first-order valence-corrected chi connectivity index (χ1v) is 7.83. The first kappa shape index (κ1) is 20.2. The fourth-order valence-electron chi connectivity index (χ4n) is 1.65. The van der Waals surface area contributed by atoms with E-state index in [4.69, 9.17) is 4.74 Å². The number of rotatable bonds is 9. The lowest BCUT2D eigenvalue weighted by Crippen LogP contribution is -2.33. The van der Waals surface area contributed by atoms with E-state index < -0.39 is 0 Å². The minimum absolute atomic E-state index is 0. The molecule has 0 aromatic heterocycles. The zero-order valence-electron chi connectivity index (χ0n) is 12.3. The van der Waals surface area contributed by atoms with Crippen LogP contribution in [0.2, 0.25) is 0 Å². The quantitative estimate of drug-likeness (QED) is 0.678. The summed E-state index contributed by atoms with van der Waals surface area (Å²) in [5, 5.41) is 5.92. The Morgan fingerprint density at radius 3 is 2.76 bits per heavy atom. The third-order valence-corrected chi connectivity index (χ3v) is 3.28. The molecule has 4 nitrogen and oxygen atoms in total. The van der Waals surface area contributed by atoms with Crippen molar-refractivity contribution in [3.8, 4) is 0 Å². The molecule has 0 fully saturated rings. The van der Waals surface area contributed by atoms with Crippen LogP contribution in [0, 0.1) is 5.82 Å². The van der Waals surface area contributed by atoms with Crippen LogP contribution < -0.4 is 10.6 Å². The molecule has 120 valence electrons. The van der Waals surface area contributed by atoms with Crippen LogP contribution in [0.1, 0.15) is 15.9 Å². The highest BCUT2D eigenvalue weighted by Crippen LogP contribution is 2.15. The molecule has 0 spiro atoms. The third kappa shape index (κ3) is 7.66. The van der Waals surface area contributed by atoms with Crippen LogP contribution in [0.5, 0.6) is 0 Å². The lowest BCUT2D eigenvalue weighted by molar-refractivity contribution is 0.0953. The second kappa shape index (κ2) is 11.8.